The zero-order chi connectivity index (χ0) is 10.8. The van der Waals surface area contributed by atoms with Crippen molar-refractivity contribution in [2.75, 3.05) is 0 Å². The minimum Gasteiger partial charge on any atom is -0.322 e. The molecule has 0 aromatic heterocycles. The van der Waals surface area contributed by atoms with Crippen molar-refractivity contribution in [3.63, 3.8) is 0 Å². The molecule has 78 valence electrons. The molecule has 1 rings (SSSR count). The van der Waals surface area contributed by atoms with E-state index in [1.54, 1.807) is 5.19 Å². The Morgan fingerprint density at radius 1 is 0.867 bits per heavy atom. The van der Waals surface area contributed by atoms with E-state index in [4.69, 9.17) is 0 Å². The van der Waals surface area contributed by atoms with Crippen LogP contribution >= 0.6 is 0 Å². The van der Waals surface area contributed by atoms with Gasteiger partial charge in [-0.1, -0.05) is 76.3 Å². The summed E-state index contributed by atoms with van der Waals surface area (Å²) >= 11 is 0. The Morgan fingerprint density at radius 3 is 1.73 bits per heavy atom. The summed E-state index contributed by atoms with van der Waals surface area (Å²) in [6.45, 7) is 12.2. The maximum Gasteiger partial charge on any atom is 1.00 e. The Morgan fingerprint density at radius 2 is 1.33 bits per heavy atom. The van der Waals surface area contributed by atoms with E-state index in [1.165, 1.54) is 0 Å². The molecular weight excluding hydrogens is 207 g/mol. The summed E-state index contributed by atoms with van der Waals surface area (Å²) in [6.07, 6.45) is 0. The van der Waals surface area contributed by atoms with Crippen molar-refractivity contribution in [3.05, 3.63) is 36.0 Å². The van der Waals surface area contributed by atoms with E-state index in [9.17, 15) is 0 Å². The molecule has 0 aliphatic heterocycles. The second-order valence-electron chi connectivity index (χ2n) is 5.60. The fraction of sp³-hybridized carbons (Fsp3) is 0.417. The van der Waals surface area contributed by atoms with Crippen LogP contribution in [0.1, 0.15) is 0 Å². The molecular formula is C12H21LiSi2. The van der Waals surface area contributed by atoms with Crippen molar-refractivity contribution in [2.24, 2.45) is 0 Å². The molecule has 0 saturated carbocycles. The summed E-state index contributed by atoms with van der Waals surface area (Å²) in [5, 5.41) is 1.56. The van der Waals surface area contributed by atoms with E-state index >= 15 is 0 Å². The Balaban J connectivity index is 0.00000196. The van der Waals surface area contributed by atoms with Gasteiger partial charge in [0.1, 0.15) is 0 Å². The second kappa shape index (κ2) is 5.54. The summed E-state index contributed by atoms with van der Waals surface area (Å²) in [5.74, 6) is 0. The Hall–Kier alpha value is 0.251. The third-order valence-corrected chi connectivity index (χ3v) is 10.5. The predicted molar refractivity (Wildman–Crippen MR) is 71.2 cm³/mol. The Bertz CT molecular complexity index is 288. The molecule has 0 atom stereocenters. The fourth-order valence-corrected chi connectivity index (χ4v) is 12.4. The molecule has 0 N–H and O–H groups in total. The third-order valence-electron chi connectivity index (χ3n) is 2.31. The van der Waals surface area contributed by atoms with Gasteiger partial charge in [0, 0.05) is 0 Å². The molecule has 1 aromatic carbocycles. The van der Waals surface area contributed by atoms with Gasteiger partial charge in [0.2, 0.25) is 0 Å². The minimum atomic E-state index is -1.28. The first-order valence-electron chi connectivity index (χ1n) is 5.24. The molecule has 0 amide bonds. The van der Waals surface area contributed by atoms with Crippen LogP contribution in [-0.4, -0.2) is 16.1 Å². The van der Waals surface area contributed by atoms with Gasteiger partial charge in [0.05, 0.1) is 0 Å². The van der Waals surface area contributed by atoms with Crippen molar-refractivity contribution in [2.45, 2.75) is 32.7 Å². The Kier molecular flexibility index (Phi) is 5.63. The summed E-state index contributed by atoms with van der Waals surface area (Å²) in [4.78, 5) is 0. The standard InChI is InChI=1S/C12H21Si2.Li/c1-13(2,3)11-14(4,5)12-9-7-6-8-10-12;/h6-11H,1-5H3;/q-1;+1. The van der Waals surface area contributed by atoms with E-state index in [0.29, 0.717) is 0 Å². The molecule has 0 aliphatic rings. The molecule has 0 nitrogen and oxygen atoms in total. The van der Waals surface area contributed by atoms with Crippen LogP contribution in [0.5, 0.6) is 0 Å². The van der Waals surface area contributed by atoms with Crippen LogP contribution in [0.25, 0.3) is 0 Å². The van der Waals surface area contributed by atoms with Crippen LogP contribution in [0.4, 0.5) is 0 Å². The third kappa shape index (κ3) is 5.22. The molecule has 0 aliphatic carbocycles. The molecule has 0 unspecified atom stereocenters. The van der Waals surface area contributed by atoms with Crippen LogP contribution in [0.3, 0.4) is 0 Å². The number of rotatable bonds is 3. The summed E-state index contributed by atoms with van der Waals surface area (Å²) < 4.78 is 0. The molecule has 0 radical (unpaired) electrons. The van der Waals surface area contributed by atoms with E-state index in [0.717, 1.165) is 0 Å². The van der Waals surface area contributed by atoms with Crippen molar-refractivity contribution >= 4 is 21.3 Å². The number of benzene rings is 1. The fourth-order valence-electron chi connectivity index (χ4n) is 2.03. The number of hydrogen-bond acceptors (Lipinski definition) is 0. The first-order chi connectivity index (χ1) is 6.31. The van der Waals surface area contributed by atoms with Gasteiger partial charge in [-0.05, 0) is 0 Å². The summed E-state index contributed by atoms with van der Waals surface area (Å²) in [6, 6.07) is 11.0. The molecule has 0 heterocycles. The first-order valence-corrected chi connectivity index (χ1v) is 11.9. The van der Waals surface area contributed by atoms with Gasteiger partial charge in [-0.2, -0.15) is 0 Å². The zero-order valence-electron chi connectivity index (χ0n) is 11.0. The van der Waals surface area contributed by atoms with Gasteiger partial charge >= 0.3 is 18.9 Å². The van der Waals surface area contributed by atoms with Gasteiger partial charge in [-0.15, -0.1) is 8.07 Å². The maximum atomic E-state index is 2.69. The second-order valence-corrected chi connectivity index (χ2v) is 15.5. The van der Waals surface area contributed by atoms with Crippen LogP contribution in [0.2, 0.25) is 32.7 Å². The van der Waals surface area contributed by atoms with Crippen LogP contribution in [0.15, 0.2) is 30.3 Å². The molecule has 0 saturated heterocycles. The molecule has 0 fully saturated rings. The van der Waals surface area contributed by atoms with Gasteiger partial charge in [0.15, 0.2) is 0 Å². The quantitative estimate of drug-likeness (QED) is 0.513. The molecule has 0 bridgehead atoms. The van der Waals surface area contributed by atoms with E-state index < -0.39 is 16.1 Å². The first kappa shape index (κ1) is 15.3. The largest absolute Gasteiger partial charge is 1.00 e. The summed E-state index contributed by atoms with van der Waals surface area (Å²) in [7, 11) is -2.32. The van der Waals surface area contributed by atoms with Crippen LogP contribution in [0, 0.1) is 5.67 Å². The van der Waals surface area contributed by atoms with E-state index in [2.05, 4.69) is 68.7 Å². The predicted octanol–water partition coefficient (Wildman–Crippen LogP) is 0.227. The average molecular weight is 228 g/mol. The number of hydrogen-bond donors (Lipinski definition) is 0. The smallest absolute Gasteiger partial charge is 0.322 e. The molecule has 0 spiro atoms. The van der Waals surface area contributed by atoms with Crippen molar-refractivity contribution in [1.82, 2.24) is 0 Å². The van der Waals surface area contributed by atoms with Gasteiger partial charge in [-0.3, -0.25) is 0 Å². The molecule has 15 heavy (non-hydrogen) atoms. The van der Waals surface area contributed by atoms with E-state index in [-0.39, 0.29) is 18.9 Å². The van der Waals surface area contributed by atoms with Crippen LogP contribution in [-0.2, 0) is 0 Å². The minimum absolute atomic E-state index is 0. The molecule has 3 heteroatoms. The van der Waals surface area contributed by atoms with Crippen molar-refractivity contribution < 1.29 is 18.9 Å². The van der Waals surface area contributed by atoms with Crippen molar-refractivity contribution in [3.8, 4) is 0 Å². The normalized spacial score (nSPS) is 12.1. The van der Waals surface area contributed by atoms with Gasteiger partial charge in [0.25, 0.3) is 0 Å². The van der Waals surface area contributed by atoms with Gasteiger partial charge in [-0.25, -0.2) is 0 Å². The van der Waals surface area contributed by atoms with Crippen LogP contribution < -0.4 is 24.0 Å². The Labute approximate surface area is 109 Å². The SMILES string of the molecule is C[Si](C)(C)[CH-][Si](C)(C)c1ccccc1.[Li+]. The molecule has 1 aromatic rings. The summed E-state index contributed by atoms with van der Waals surface area (Å²) in [5.41, 5.74) is 2.69. The topological polar surface area (TPSA) is 0 Å². The van der Waals surface area contributed by atoms with Crippen molar-refractivity contribution in [1.29, 1.82) is 0 Å². The zero-order valence-corrected chi connectivity index (χ0v) is 13.0. The van der Waals surface area contributed by atoms with E-state index in [1.807, 2.05) is 0 Å². The average Bonchev–Trinajstić information content (AvgIpc) is 2.01. The maximum absolute atomic E-state index is 2.69. The monoisotopic (exact) mass is 228 g/mol. The van der Waals surface area contributed by atoms with Gasteiger partial charge < -0.3 is 5.67 Å².